The number of para-hydroxylation sites is 1. The van der Waals surface area contributed by atoms with E-state index in [-0.39, 0.29) is 22.2 Å². The summed E-state index contributed by atoms with van der Waals surface area (Å²) in [7, 11) is 0. The Morgan fingerprint density at radius 2 is 1.84 bits per heavy atom. The molecule has 0 radical (unpaired) electrons. The molecule has 1 amide bonds. The second-order valence-corrected chi connectivity index (χ2v) is 8.82. The molecule has 0 aliphatic rings. The van der Waals surface area contributed by atoms with Gasteiger partial charge in [-0.05, 0) is 47.8 Å². The van der Waals surface area contributed by atoms with Crippen molar-refractivity contribution in [3.63, 3.8) is 0 Å². The number of anilines is 1. The number of carbonyl (C=O) groups excluding carboxylic acids is 1. The lowest BCUT2D eigenvalue weighted by Gasteiger charge is -2.14. The van der Waals surface area contributed by atoms with Crippen molar-refractivity contribution in [3.05, 3.63) is 80.9 Å². The molecule has 0 aliphatic heterocycles. The Morgan fingerprint density at radius 3 is 2.56 bits per heavy atom. The first kappa shape index (κ1) is 22.4. The van der Waals surface area contributed by atoms with E-state index in [0.29, 0.717) is 20.9 Å². The quantitative estimate of drug-likeness (QED) is 0.278. The van der Waals surface area contributed by atoms with Gasteiger partial charge in [0.2, 0.25) is 5.91 Å². The van der Waals surface area contributed by atoms with Gasteiger partial charge < -0.3 is 5.32 Å². The number of rotatable bonds is 5. The summed E-state index contributed by atoms with van der Waals surface area (Å²) < 4.78 is 41.3. The Kier molecular flexibility index (Phi) is 6.27. The molecule has 4 rings (SSSR count). The van der Waals surface area contributed by atoms with Gasteiger partial charge in [-0.25, -0.2) is 4.98 Å². The third kappa shape index (κ3) is 4.67. The number of halogens is 4. The summed E-state index contributed by atoms with van der Waals surface area (Å²) in [6.07, 6.45) is -4.60. The van der Waals surface area contributed by atoms with Crippen molar-refractivity contribution in [1.29, 1.82) is 0 Å². The smallest absolute Gasteiger partial charge is 0.325 e. The predicted octanol–water partition coefficient (Wildman–Crippen LogP) is 5.85. The molecule has 0 saturated heterocycles. The van der Waals surface area contributed by atoms with Crippen molar-refractivity contribution in [1.82, 2.24) is 9.55 Å². The largest absolute Gasteiger partial charge is 0.418 e. The van der Waals surface area contributed by atoms with Crippen LogP contribution in [0.5, 0.6) is 0 Å². The van der Waals surface area contributed by atoms with E-state index < -0.39 is 17.6 Å². The fourth-order valence-corrected chi connectivity index (χ4v) is 4.66. The van der Waals surface area contributed by atoms with E-state index in [2.05, 4.69) is 10.3 Å². The van der Waals surface area contributed by atoms with E-state index in [1.54, 1.807) is 35.7 Å². The normalized spacial score (nSPS) is 11.6. The van der Waals surface area contributed by atoms with Crippen LogP contribution >= 0.6 is 34.7 Å². The van der Waals surface area contributed by atoms with Gasteiger partial charge in [0.15, 0.2) is 5.16 Å². The molecule has 0 aliphatic carbocycles. The first-order valence-corrected chi connectivity index (χ1v) is 11.3. The molecule has 2 heterocycles. The third-order valence-corrected chi connectivity index (χ3v) is 6.46. The van der Waals surface area contributed by atoms with Gasteiger partial charge in [-0.2, -0.15) is 13.2 Å². The first-order valence-electron chi connectivity index (χ1n) is 9.09. The summed E-state index contributed by atoms with van der Waals surface area (Å²) in [4.78, 5) is 29.9. The molecule has 0 atom stereocenters. The number of fused-ring (bicyclic) bond motifs is 1. The van der Waals surface area contributed by atoms with Crippen LogP contribution in [0.2, 0.25) is 5.02 Å². The summed E-state index contributed by atoms with van der Waals surface area (Å²) in [5.74, 6) is -0.906. The Morgan fingerprint density at radius 1 is 1.12 bits per heavy atom. The van der Waals surface area contributed by atoms with Gasteiger partial charge in [0.25, 0.3) is 5.56 Å². The highest BCUT2D eigenvalue weighted by molar-refractivity contribution is 7.99. The highest BCUT2D eigenvalue weighted by Crippen LogP contribution is 2.34. The minimum Gasteiger partial charge on any atom is -0.325 e. The van der Waals surface area contributed by atoms with Gasteiger partial charge in [-0.15, -0.1) is 11.3 Å². The van der Waals surface area contributed by atoms with Gasteiger partial charge in [0.1, 0.15) is 4.70 Å². The maximum absolute atomic E-state index is 13.2. The van der Waals surface area contributed by atoms with Crippen LogP contribution in [0, 0.1) is 0 Å². The van der Waals surface area contributed by atoms with E-state index in [4.69, 9.17) is 11.6 Å². The molecule has 32 heavy (non-hydrogen) atoms. The molecule has 5 nitrogen and oxygen atoms in total. The first-order chi connectivity index (χ1) is 15.2. The SMILES string of the molecule is O=C(CSc1nc2ccsc2c(=O)n1-c1ccc(Cl)cc1)Nc1ccccc1C(F)(F)F. The summed E-state index contributed by atoms with van der Waals surface area (Å²) in [5, 5.41) is 4.76. The van der Waals surface area contributed by atoms with Crippen LogP contribution in [0.15, 0.2) is 69.9 Å². The molecule has 0 unspecified atom stereocenters. The standard InChI is InChI=1S/C21H13ClF3N3O2S2/c22-12-5-7-13(8-6-12)28-19(30)18-16(9-10-31-18)27-20(28)32-11-17(29)26-15-4-2-1-3-14(15)21(23,24)25/h1-10H,11H2,(H,26,29). The van der Waals surface area contributed by atoms with Crippen LogP contribution in [0.1, 0.15) is 5.56 Å². The van der Waals surface area contributed by atoms with Crippen molar-refractivity contribution < 1.29 is 18.0 Å². The van der Waals surface area contributed by atoms with Crippen LogP contribution in [0.4, 0.5) is 18.9 Å². The molecule has 1 N–H and O–H groups in total. The minimum atomic E-state index is -4.60. The highest BCUT2D eigenvalue weighted by Gasteiger charge is 2.33. The van der Waals surface area contributed by atoms with Gasteiger partial charge >= 0.3 is 6.18 Å². The lowest BCUT2D eigenvalue weighted by molar-refractivity contribution is -0.137. The molecule has 164 valence electrons. The van der Waals surface area contributed by atoms with Gasteiger partial charge in [-0.3, -0.25) is 14.2 Å². The number of alkyl halides is 3. The zero-order valence-electron chi connectivity index (χ0n) is 16.0. The number of thiophene rings is 1. The number of thioether (sulfide) groups is 1. The van der Waals surface area contributed by atoms with Crippen molar-refractivity contribution in [2.45, 2.75) is 11.3 Å². The lowest BCUT2D eigenvalue weighted by atomic mass is 10.1. The van der Waals surface area contributed by atoms with E-state index in [9.17, 15) is 22.8 Å². The molecule has 2 aromatic carbocycles. The van der Waals surface area contributed by atoms with E-state index in [1.165, 1.54) is 34.1 Å². The van der Waals surface area contributed by atoms with Gasteiger partial charge in [-0.1, -0.05) is 35.5 Å². The Labute approximate surface area is 192 Å². The van der Waals surface area contributed by atoms with E-state index in [0.717, 1.165) is 17.8 Å². The number of benzene rings is 2. The molecule has 4 aromatic rings. The van der Waals surface area contributed by atoms with E-state index >= 15 is 0 Å². The zero-order chi connectivity index (χ0) is 22.9. The minimum absolute atomic E-state index is 0.238. The predicted molar refractivity (Wildman–Crippen MR) is 121 cm³/mol. The Hall–Kier alpha value is -2.82. The van der Waals surface area contributed by atoms with Crippen LogP contribution in [-0.4, -0.2) is 21.2 Å². The van der Waals surface area contributed by atoms with Crippen LogP contribution in [-0.2, 0) is 11.0 Å². The Balaban J connectivity index is 1.63. The number of nitrogens with one attached hydrogen (secondary N) is 1. The van der Waals surface area contributed by atoms with E-state index in [1.807, 2.05) is 0 Å². The molecule has 0 saturated carbocycles. The summed E-state index contributed by atoms with van der Waals surface area (Å²) in [6, 6.07) is 13.0. The molecule has 0 spiro atoms. The number of carbonyl (C=O) groups is 1. The van der Waals surface area contributed by atoms with Crippen molar-refractivity contribution in [3.8, 4) is 5.69 Å². The molecule has 0 fully saturated rings. The third-order valence-electron chi connectivity index (χ3n) is 4.37. The summed E-state index contributed by atoms with van der Waals surface area (Å²) in [6.45, 7) is 0. The second kappa shape index (κ2) is 8.97. The number of hydrogen-bond donors (Lipinski definition) is 1. The van der Waals surface area contributed by atoms with Gasteiger partial charge in [0, 0.05) is 5.02 Å². The molecular weight excluding hydrogens is 483 g/mol. The topological polar surface area (TPSA) is 64.0 Å². The molecule has 0 bridgehead atoms. The van der Waals surface area contributed by atoms with Crippen molar-refractivity contribution >= 4 is 56.5 Å². The summed E-state index contributed by atoms with van der Waals surface area (Å²) in [5.41, 5.74) is -0.586. The van der Waals surface area contributed by atoms with Crippen LogP contribution in [0.25, 0.3) is 15.9 Å². The molecular formula is C21H13ClF3N3O2S2. The fraction of sp³-hybridized carbons (Fsp3) is 0.0952. The van der Waals surface area contributed by atoms with Crippen LogP contribution in [0.3, 0.4) is 0 Å². The average Bonchev–Trinajstić information content (AvgIpc) is 3.22. The number of amides is 1. The van der Waals surface area contributed by atoms with Gasteiger partial charge in [0.05, 0.1) is 28.2 Å². The zero-order valence-corrected chi connectivity index (χ0v) is 18.4. The second-order valence-electron chi connectivity index (χ2n) is 6.53. The summed E-state index contributed by atoms with van der Waals surface area (Å²) >= 11 is 8.14. The number of hydrogen-bond acceptors (Lipinski definition) is 5. The monoisotopic (exact) mass is 495 g/mol. The van der Waals surface area contributed by atoms with Crippen LogP contribution < -0.4 is 10.9 Å². The number of aromatic nitrogens is 2. The maximum Gasteiger partial charge on any atom is 0.418 e. The Bertz CT molecular complexity index is 1350. The number of nitrogens with zero attached hydrogens (tertiary/aromatic N) is 2. The van der Waals surface area contributed by atoms with Crippen molar-refractivity contribution in [2.24, 2.45) is 0 Å². The maximum atomic E-state index is 13.2. The van der Waals surface area contributed by atoms with Crippen molar-refractivity contribution in [2.75, 3.05) is 11.1 Å². The highest BCUT2D eigenvalue weighted by atomic mass is 35.5. The lowest BCUT2D eigenvalue weighted by Crippen LogP contribution is -2.22. The average molecular weight is 496 g/mol. The molecule has 2 aromatic heterocycles. The molecule has 11 heteroatoms. The fourth-order valence-electron chi connectivity index (χ4n) is 2.96.